The lowest BCUT2D eigenvalue weighted by Gasteiger charge is -2.52. The fraction of sp³-hybridized carbons (Fsp3) is 1.00. The second kappa shape index (κ2) is 2.88. The Morgan fingerprint density at radius 2 is 1.27 bits per heavy atom. The number of rotatable bonds is 2. The van der Waals surface area contributed by atoms with Crippen LogP contribution >= 0.6 is 0 Å². The van der Waals surface area contributed by atoms with Crippen LogP contribution in [0.1, 0.15) is 20.8 Å². The highest BCUT2D eigenvalue weighted by Crippen LogP contribution is 2.55. The number of hydrogen-bond donors (Lipinski definition) is 0. The molecule has 0 aromatic heterocycles. The van der Waals surface area contributed by atoms with Gasteiger partial charge in [-0.2, -0.15) is 0 Å². The zero-order chi connectivity index (χ0) is 8.65. The Morgan fingerprint density at radius 3 is 1.45 bits per heavy atom. The first-order valence-corrected chi connectivity index (χ1v) is 6.17. The van der Waals surface area contributed by atoms with Crippen molar-refractivity contribution in [1.82, 2.24) is 0 Å². The normalized spacial score (nSPS) is 41.7. The first-order valence-electron chi connectivity index (χ1n) is 4.20. The Kier molecular flexibility index (Phi) is 2.42. The molecule has 11 heavy (non-hydrogen) atoms. The van der Waals surface area contributed by atoms with Crippen LogP contribution in [0.4, 0.5) is 0 Å². The standard InChI is InChI=1S/C8H18O2Si/c1-6-7(2)11(9-4,10-5)8(6)3/h6-8H,1-5H3. The molecule has 1 saturated heterocycles. The molecule has 0 aromatic rings. The molecule has 2 nitrogen and oxygen atoms in total. The molecular formula is C8H18O2Si. The number of hydrogen-bond acceptors (Lipinski definition) is 2. The van der Waals surface area contributed by atoms with Gasteiger partial charge in [-0.3, -0.25) is 0 Å². The second-order valence-corrected chi connectivity index (χ2v) is 7.65. The minimum absolute atomic E-state index is 0.646. The van der Waals surface area contributed by atoms with Crippen LogP contribution in [0.2, 0.25) is 11.1 Å². The largest absolute Gasteiger partial charge is 0.397 e. The molecule has 1 aliphatic heterocycles. The van der Waals surface area contributed by atoms with Crippen LogP contribution in [0.15, 0.2) is 0 Å². The Bertz CT molecular complexity index is 133. The van der Waals surface area contributed by atoms with Gasteiger partial charge in [-0.15, -0.1) is 0 Å². The summed E-state index contributed by atoms with van der Waals surface area (Å²) in [5.74, 6) is 0.765. The zero-order valence-corrected chi connectivity index (χ0v) is 9.05. The van der Waals surface area contributed by atoms with Gasteiger partial charge in [0.05, 0.1) is 0 Å². The van der Waals surface area contributed by atoms with Crippen LogP contribution in [0.3, 0.4) is 0 Å². The summed E-state index contributed by atoms with van der Waals surface area (Å²) >= 11 is 0. The van der Waals surface area contributed by atoms with Gasteiger partial charge < -0.3 is 8.85 Å². The molecular weight excluding hydrogens is 156 g/mol. The van der Waals surface area contributed by atoms with Crippen LogP contribution in [-0.4, -0.2) is 22.8 Å². The van der Waals surface area contributed by atoms with E-state index < -0.39 is 8.56 Å². The summed E-state index contributed by atoms with van der Waals surface area (Å²) in [7, 11) is 1.81. The Hall–Kier alpha value is 0.137. The van der Waals surface area contributed by atoms with E-state index in [1.54, 1.807) is 14.2 Å². The molecule has 3 heteroatoms. The van der Waals surface area contributed by atoms with Gasteiger partial charge in [0.2, 0.25) is 0 Å². The maximum atomic E-state index is 5.53. The molecule has 66 valence electrons. The van der Waals surface area contributed by atoms with Crippen molar-refractivity contribution in [3.05, 3.63) is 0 Å². The molecule has 2 unspecified atom stereocenters. The minimum atomic E-state index is -1.76. The van der Waals surface area contributed by atoms with Gasteiger partial charge in [0.25, 0.3) is 0 Å². The van der Waals surface area contributed by atoms with Crippen molar-refractivity contribution in [2.24, 2.45) is 5.92 Å². The van der Waals surface area contributed by atoms with Crippen LogP contribution < -0.4 is 0 Å². The summed E-state index contributed by atoms with van der Waals surface area (Å²) in [4.78, 5) is 0. The molecule has 1 fully saturated rings. The predicted molar refractivity (Wildman–Crippen MR) is 47.8 cm³/mol. The zero-order valence-electron chi connectivity index (χ0n) is 8.05. The summed E-state index contributed by atoms with van der Waals surface area (Å²) in [5, 5.41) is 0. The van der Waals surface area contributed by atoms with Gasteiger partial charge in [0, 0.05) is 25.3 Å². The van der Waals surface area contributed by atoms with Crippen molar-refractivity contribution in [3.8, 4) is 0 Å². The summed E-state index contributed by atoms with van der Waals surface area (Å²) in [5.41, 5.74) is 1.29. The van der Waals surface area contributed by atoms with Crippen LogP contribution in [-0.2, 0) is 8.85 Å². The van der Waals surface area contributed by atoms with Crippen LogP contribution in [0.25, 0.3) is 0 Å². The van der Waals surface area contributed by atoms with Gasteiger partial charge >= 0.3 is 8.56 Å². The topological polar surface area (TPSA) is 18.5 Å². The molecule has 0 amide bonds. The maximum Gasteiger partial charge on any atom is 0.344 e. The molecule has 0 saturated carbocycles. The smallest absolute Gasteiger partial charge is 0.344 e. The van der Waals surface area contributed by atoms with Crippen molar-refractivity contribution >= 4 is 8.56 Å². The average Bonchev–Trinajstić information content (AvgIpc) is 2.06. The molecule has 1 aliphatic rings. The lowest BCUT2D eigenvalue weighted by Crippen LogP contribution is -2.60. The quantitative estimate of drug-likeness (QED) is 0.597. The van der Waals surface area contributed by atoms with E-state index in [1.807, 2.05) is 0 Å². The van der Waals surface area contributed by atoms with Gasteiger partial charge in [-0.1, -0.05) is 20.8 Å². The fourth-order valence-electron chi connectivity index (χ4n) is 2.29. The van der Waals surface area contributed by atoms with E-state index >= 15 is 0 Å². The van der Waals surface area contributed by atoms with Gasteiger partial charge in [-0.25, -0.2) is 0 Å². The lowest BCUT2D eigenvalue weighted by molar-refractivity contribution is 0.156. The van der Waals surface area contributed by atoms with Crippen molar-refractivity contribution < 1.29 is 8.85 Å². The Morgan fingerprint density at radius 1 is 0.909 bits per heavy atom. The second-order valence-electron chi connectivity index (χ2n) is 3.57. The fourth-order valence-corrected chi connectivity index (χ4v) is 6.48. The molecule has 0 aromatic carbocycles. The summed E-state index contributed by atoms with van der Waals surface area (Å²) < 4.78 is 11.1. The molecule has 0 bridgehead atoms. The maximum absolute atomic E-state index is 5.53. The monoisotopic (exact) mass is 174 g/mol. The van der Waals surface area contributed by atoms with E-state index in [4.69, 9.17) is 8.85 Å². The van der Waals surface area contributed by atoms with Crippen LogP contribution in [0.5, 0.6) is 0 Å². The third kappa shape index (κ3) is 0.982. The van der Waals surface area contributed by atoms with Gasteiger partial charge in [-0.05, 0) is 5.92 Å². The first-order chi connectivity index (χ1) is 5.10. The highest BCUT2D eigenvalue weighted by atomic mass is 28.4. The highest BCUT2D eigenvalue weighted by molar-refractivity contribution is 6.73. The molecule has 0 N–H and O–H groups in total. The van der Waals surface area contributed by atoms with E-state index in [0.717, 1.165) is 5.92 Å². The van der Waals surface area contributed by atoms with Gasteiger partial charge in [0.1, 0.15) is 0 Å². The average molecular weight is 174 g/mol. The summed E-state index contributed by atoms with van der Waals surface area (Å²) in [6.07, 6.45) is 0. The van der Waals surface area contributed by atoms with E-state index in [9.17, 15) is 0 Å². The Balaban J connectivity index is 2.70. The highest BCUT2D eigenvalue weighted by Gasteiger charge is 2.61. The summed E-state index contributed by atoms with van der Waals surface area (Å²) in [6, 6.07) is 0. The predicted octanol–water partition coefficient (Wildman–Crippen LogP) is 2.15. The SMILES string of the molecule is CO[Si]1(OC)C(C)C(C)C1C. The molecule has 0 aliphatic carbocycles. The van der Waals surface area contributed by atoms with Crippen LogP contribution in [0, 0.1) is 5.92 Å². The van der Waals surface area contributed by atoms with E-state index in [1.165, 1.54) is 0 Å². The molecule has 1 rings (SSSR count). The van der Waals surface area contributed by atoms with E-state index in [0.29, 0.717) is 11.1 Å². The first kappa shape index (κ1) is 9.23. The van der Waals surface area contributed by atoms with Crippen molar-refractivity contribution in [1.29, 1.82) is 0 Å². The third-order valence-corrected chi connectivity index (χ3v) is 8.35. The Labute approximate surface area is 70.1 Å². The molecule has 1 heterocycles. The van der Waals surface area contributed by atoms with Crippen molar-refractivity contribution in [2.45, 2.75) is 31.9 Å². The van der Waals surface area contributed by atoms with E-state index in [-0.39, 0.29) is 0 Å². The molecule has 2 atom stereocenters. The minimum Gasteiger partial charge on any atom is -0.397 e. The van der Waals surface area contributed by atoms with E-state index in [2.05, 4.69) is 20.8 Å². The lowest BCUT2D eigenvalue weighted by atomic mass is 10.0. The molecule has 0 spiro atoms. The summed E-state index contributed by atoms with van der Waals surface area (Å²) in [6.45, 7) is 6.76. The molecule has 0 radical (unpaired) electrons. The third-order valence-electron chi connectivity index (χ3n) is 3.48. The van der Waals surface area contributed by atoms with Gasteiger partial charge in [0.15, 0.2) is 0 Å². The van der Waals surface area contributed by atoms with Crippen molar-refractivity contribution in [2.75, 3.05) is 14.2 Å². The van der Waals surface area contributed by atoms with Crippen molar-refractivity contribution in [3.63, 3.8) is 0 Å².